The van der Waals surface area contributed by atoms with E-state index in [1.807, 2.05) is 25.1 Å². The molecule has 0 aliphatic carbocycles. The van der Waals surface area contributed by atoms with E-state index in [0.29, 0.717) is 5.69 Å². The summed E-state index contributed by atoms with van der Waals surface area (Å²) in [6.07, 6.45) is 1.57. The molecule has 0 atom stereocenters. The van der Waals surface area contributed by atoms with Gasteiger partial charge in [-0.3, -0.25) is 0 Å². The number of nitrogen functional groups attached to an aromatic ring is 1. The van der Waals surface area contributed by atoms with Gasteiger partial charge in [-0.05, 0) is 12.5 Å². The predicted octanol–water partition coefficient (Wildman–Crippen LogP) is 1.52. The largest absolute Gasteiger partial charge is 0.397 e. The number of rotatable bonds is 0. The van der Waals surface area contributed by atoms with Gasteiger partial charge in [-0.1, -0.05) is 18.2 Å². The number of hydrogen-bond acceptors (Lipinski definition) is 3. The van der Waals surface area contributed by atoms with Crippen LogP contribution in [0.1, 0.15) is 5.56 Å². The summed E-state index contributed by atoms with van der Waals surface area (Å²) < 4.78 is 0. The Morgan fingerprint density at radius 1 is 1.33 bits per heavy atom. The Labute approximate surface area is 70.2 Å². The lowest BCUT2D eigenvalue weighted by molar-refractivity contribution is 1.07. The fourth-order valence-electron chi connectivity index (χ4n) is 1.24. The number of aryl methyl sites for hydroxylation is 1. The summed E-state index contributed by atoms with van der Waals surface area (Å²) in [5, 5.41) is 8.79. The Hall–Kier alpha value is -1.64. The second-order valence-corrected chi connectivity index (χ2v) is 2.77. The summed E-state index contributed by atoms with van der Waals surface area (Å²) in [5.41, 5.74) is 8.40. The molecule has 0 aliphatic rings. The first kappa shape index (κ1) is 7.03. The summed E-state index contributed by atoms with van der Waals surface area (Å²) in [7, 11) is 0. The van der Waals surface area contributed by atoms with Crippen molar-refractivity contribution >= 4 is 16.6 Å². The summed E-state index contributed by atoms with van der Waals surface area (Å²) in [4.78, 5) is 0. The van der Waals surface area contributed by atoms with Gasteiger partial charge in [0.15, 0.2) is 0 Å². The van der Waals surface area contributed by atoms with Crippen LogP contribution < -0.4 is 5.73 Å². The van der Waals surface area contributed by atoms with Crippen LogP contribution in [0.25, 0.3) is 10.9 Å². The van der Waals surface area contributed by atoms with E-state index in [-0.39, 0.29) is 0 Å². The molecule has 1 aromatic carbocycles. The molecule has 0 bridgehead atoms. The second kappa shape index (κ2) is 2.44. The minimum Gasteiger partial charge on any atom is -0.397 e. The first-order chi connectivity index (χ1) is 5.79. The van der Waals surface area contributed by atoms with E-state index in [0.717, 1.165) is 16.5 Å². The van der Waals surface area contributed by atoms with E-state index in [2.05, 4.69) is 10.2 Å². The number of fused-ring (bicyclic) bond motifs is 1. The van der Waals surface area contributed by atoms with Crippen LogP contribution in [0.2, 0.25) is 0 Å². The number of anilines is 1. The lowest BCUT2D eigenvalue weighted by Crippen LogP contribution is -1.92. The number of hydrogen-bond donors (Lipinski definition) is 1. The summed E-state index contributed by atoms with van der Waals surface area (Å²) in [6.45, 7) is 2.00. The van der Waals surface area contributed by atoms with Crippen LogP contribution in [-0.2, 0) is 0 Å². The summed E-state index contributed by atoms with van der Waals surface area (Å²) >= 11 is 0. The van der Waals surface area contributed by atoms with Crippen molar-refractivity contribution in [3.8, 4) is 0 Å². The van der Waals surface area contributed by atoms with Gasteiger partial charge in [0.05, 0.1) is 17.4 Å². The second-order valence-electron chi connectivity index (χ2n) is 2.77. The fraction of sp³-hybridized carbons (Fsp3) is 0.111. The predicted molar refractivity (Wildman–Crippen MR) is 48.7 cm³/mol. The molecule has 0 aliphatic heterocycles. The maximum Gasteiger partial charge on any atom is 0.0979 e. The van der Waals surface area contributed by atoms with Crippen molar-refractivity contribution in [2.75, 3.05) is 5.73 Å². The van der Waals surface area contributed by atoms with E-state index < -0.39 is 0 Å². The topological polar surface area (TPSA) is 51.8 Å². The molecule has 0 spiro atoms. The Morgan fingerprint density at radius 2 is 2.17 bits per heavy atom. The number of nitrogens with zero attached hydrogens (tertiary/aromatic N) is 2. The average molecular weight is 159 g/mol. The molecule has 3 heteroatoms. The third-order valence-electron chi connectivity index (χ3n) is 1.90. The van der Waals surface area contributed by atoms with Gasteiger partial charge in [-0.2, -0.15) is 10.2 Å². The lowest BCUT2D eigenvalue weighted by Gasteiger charge is -2.00. The number of nitrogens with two attached hydrogens (primary N) is 1. The normalized spacial score (nSPS) is 10.4. The van der Waals surface area contributed by atoms with E-state index in [1.54, 1.807) is 6.20 Å². The zero-order valence-electron chi connectivity index (χ0n) is 6.78. The quantitative estimate of drug-likeness (QED) is 0.634. The molecule has 0 radical (unpaired) electrons. The first-order valence-corrected chi connectivity index (χ1v) is 3.75. The van der Waals surface area contributed by atoms with Gasteiger partial charge in [-0.15, -0.1) is 0 Å². The van der Waals surface area contributed by atoms with Gasteiger partial charge in [-0.25, -0.2) is 0 Å². The van der Waals surface area contributed by atoms with Crippen LogP contribution in [-0.4, -0.2) is 10.2 Å². The van der Waals surface area contributed by atoms with Crippen molar-refractivity contribution in [1.82, 2.24) is 10.2 Å². The van der Waals surface area contributed by atoms with Gasteiger partial charge in [0.2, 0.25) is 0 Å². The molecule has 0 fully saturated rings. The van der Waals surface area contributed by atoms with Gasteiger partial charge >= 0.3 is 0 Å². The molecule has 2 rings (SSSR count). The Bertz CT molecular complexity index is 382. The van der Waals surface area contributed by atoms with E-state index in [9.17, 15) is 0 Å². The van der Waals surface area contributed by atoms with Gasteiger partial charge in [0, 0.05) is 5.39 Å². The van der Waals surface area contributed by atoms with Gasteiger partial charge in [0.1, 0.15) is 0 Å². The monoisotopic (exact) mass is 159 g/mol. The molecule has 60 valence electrons. The molecular weight excluding hydrogens is 150 g/mol. The smallest absolute Gasteiger partial charge is 0.0979 e. The average Bonchev–Trinajstić information content (AvgIpc) is 2.07. The molecule has 0 amide bonds. The highest BCUT2D eigenvalue weighted by molar-refractivity contribution is 5.90. The minimum atomic E-state index is 0.684. The molecule has 0 unspecified atom stereocenters. The van der Waals surface area contributed by atoms with Crippen LogP contribution in [0.5, 0.6) is 0 Å². The SMILES string of the molecule is Cc1cccc2c(N)cnnc12. The van der Waals surface area contributed by atoms with Crippen LogP contribution >= 0.6 is 0 Å². The van der Waals surface area contributed by atoms with Crippen LogP contribution in [0, 0.1) is 6.92 Å². The van der Waals surface area contributed by atoms with Gasteiger partial charge in [0.25, 0.3) is 0 Å². The number of benzene rings is 1. The maximum absolute atomic E-state index is 5.72. The minimum absolute atomic E-state index is 0.684. The highest BCUT2D eigenvalue weighted by atomic mass is 15.1. The highest BCUT2D eigenvalue weighted by Gasteiger charge is 2.00. The zero-order chi connectivity index (χ0) is 8.55. The van der Waals surface area contributed by atoms with Crippen molar-refractivity contribution < 1.29 is 0 Å². The fourth-order valence-corrected chi connectivity index (χ4v) is 1.24. The summed E-state index contributed by atoms with van der Waals surface area (Å²) in [6, 6.07) is 5.92. The maximum atomic E-state index is 5.72. The zero-order valence-corrected chi connectivity index (χ0v) is 6.78. The van der Waals surface area contributed by atoms with Crippen molar-refractivity contribution in [3.63, 3.8) is 0 Å². The van der Waals surface area contributed by atoms with Crippen LogP contribution in [0.15, 0.2) is 24.4 Å². The van der Waals surface area contributed by atoms with Crippen molar-refractivity contribution in [2.45, 2.75) is 6.92 Å². The third kappa shape index (κ3) is 0.906. The standard InChI is InChI=1S/C9H9N3/c1-6-3-2-4-7-8(10)5-11-12-9(6)7/h2-5H,1H3,(H2,10,12). The Kier molecular flexibility index (Phi) is 1.43. The van der Waals surface area contributed by atoms with Crippen molar-refractivity contribution in [3.05, 3.63) is 30.0 Å². The van der Waals surface area contributed by atoms with Crippen LogP contribution in [0.3, 0.4) is 0 Å². The molecule has 1 heterocycles. The van der Waals surface area contributed by atoms with E-state index in [1.165, 1.54) is 0 Å². The molecule has 2 aromatic rings. The lowest BCUT2D eigenvalue weighted by atomic mass is 10.1. The van der Waals surface area contributed by atoms with Crippen LogP contribution in [0.4, 0.5) is 5.69 Å². The first-order valence-electron chi connectivity index (χ1n) is 3.75. The number of aromatic nitrogens is 2. The molecule has 1 aromatic heterocycles. The van der Waals surface area contributed by atoms with E-state index >= 15 is 0 Å². The molecule has 2 N–H and O–H groups in total. The molecule has 12 heavy (non-hydrogen) atoms. The Morgan fingerprint density at radius 3 is 2.92 bits per heavy atom. The summed E-state index contributed by atoms with van der Waals surface area (Å²) in [5.74, 6) is 0. The molecule has 0 saturated heterocycles. The highest BCUT2D eigenvalue weighted by Crippen LogP contribution is 2.19. The third-order valence-corrected chi connectivity index (χ3v) is 1.90. The van der Waals surface area contributed by atoms with Gasteiger partial charge < -0.3 is 5.73 Å². The Balaban J connectivity index is 2.94. The van der Waals surface area contributed by atoms with Crippen molar-refractivity contribution in [1.29, 1.82) is 0 Å². The molecular formula is C9H9N3. The molecule has 3 nitrogen and oxygen atoms in total. The van der Waals surface area contributed by atoms with Crippen molar-refractivity contribution in [2.24, 2.45) is 0 Å². The molecule has 0 saturated carbocycles. The van der Waals surface area contributed by atoms with E-state index in [4.69, 9.17) is 5.73 Å².